The van der Waals surface area contributed by atoms with Crippen molar-refractivity contribution < 1.29 is 8.42 Å². The maximum absolute atomic E-state index is 11.5. The summed E-state index contributed by atoms with van der Waals surface area (Å²) in [5.41, 5.74) is 7.66. The summed E-state index contributed by atoms with van der Waals surface area (Å²) in [6.45, 7) is 7.09. The number of nitrogens with two attached hydrogens (primary N) is 1. The van der Waals surface area contributed by atoms with Crippen LogP contribution in [-0.2, 0) is 16.6 Å². The quantitative estimate of drug-likeness (QED) is 0.862. The molecule has 2 heterocycles. The van der Waals surface area contributed by atoms with Crippen LogP contribution in [0.5, 0.6) is 0 Å². The van der Waals surface area contributed by atoms with Crippen molar-refractivity contribution in [2.75, 3.05) is 43.1 Å². The first-order valence-electron chi connectivity index (χ1n) is 6.87. The van der Waals surface area contributed by atoms with Crippen molar-refractivity contribution in [1.29, 1.82) is 0 Å². The monoisotopic (exact) mass is 301 g/mol. The van der Waals surface area contributed by atoms with Crippen molar-refractivity contribution in [3.63, 3.8) is 0 Å². The molecule has 0 bridgehead atoms. The number of rotatable bonds is 4. The van der Waals surface area contributed by atoms with Gasteiger partial charge in [-0.1, -0.05) is 6.92 Å². The van der Waals surface area contributed by atoms with E-state index in [1.807, 2.05) is 11.6 Å². The van der Waals surface area contributed by atoms with Gasteiger partial charge in [0.15, 0.2) is 5.82 Å². The first kappa shape index (κ1) is 15.1. The summed E-state index contributed by atoms with van der Waals surface area (Å²) in [5.74, 6) is 0.928. The number of aromatic nitrogens is 2. The summed E-state index contributed by atoms with van der Waals surface area (Å²) in [4.78, 5) is 2.13. The van der Waals surface area contributed by atoms with Gasteiger partial charge in [0.1, 0.15) is 0 Å². The zero-order valence-corrected chi connectivity index (χ0v) is 13.2. The third-order valence-electron chi connectivity index (χ3n) is 3.59. The second-order valence-electron chi connectivity index (χ2n) is 5.19. The third kappa shape index (κ3) is 2.90. The van der Waals surface area contributed by atoms with Gasteiger partial charge in [0.2, 0.25) is 10.0 Å². The maximum atomic E-state index is 11.5. The molecule has 1 aliphatic heterocycles. The minimum Gasteiger partial charge on any atom is -0.394 e. The van der Waals surface area contributed by atoms with Crippen LogP contribution in [-0.4, -0.2) is 54.9 Å². The Morgan fingerprint density at radius 2 is 1.85 bits per heavy atom. The Kier molecular flexibility index (Phi) is 4.24. The number of sulfonamides is 1. The standard InChI is InChI=1S/C12H23N5O2S/c1-4-5-17-12(11(13)10(2)14-17)15-6-8-16(9-7-15)20(3,18)19/h4-9,13H2,1-3H3. The fraction of sp³-hybridized carbons (Fsp3) is 0.750. The summed E-state index contributed by atoms with van der Waals surface area (Å²) in [6.07, 6.45) is 2.24. The highest BCUT2D eigenvalue weighted by Crippen LogP contribution is 2.27. The van der Waals surface area contributed by atoms with Gasteiger partial charge in [-0.2, -0.15) is 9.40 Å². The maximum Gasteiger partial charge on any atom is 0.211 e. The summed E-state index contributed by atoms with van der Waals surface area (Å²) in [7, 11) is -3.10. The van der Waals surface area contributed by atoms with Gasteiger partial charge in [-0.15, -0.1) is 0 Å². The average molecular weight is 301 g/mol. The van der Waals surface area contributed by atoms with E-state index in [9.17, 15) is 8.42 Å². The smallest absolute Gasteiger partial charge is 0.211 e. The van der Waals surface area contributed by atoms with E-state index in [-0.39, 0.29) is 0 Å². The van der Waals surface area contributed by atoms with E-state index in [0.717, 1.165) is 24.5 Å². The first-order chi connectivity index (χ1) is 9.34. The highest BCUT2D eigenvalue weighted by atomic mass is 32.2. The van der Waals surface area contributed by atoms with Crippen molar-refractivity contribution in [3.8, 4) is 0 Å². The van der Waals surface area contributed by atoms with Crippen LogP contribution in [0.15, 0.2) is 0 Å². The molecule has 114 valence electrons. The number of hydrogen-bond acceptors (Lipinski definition) is 5. The van der Waals surface area contributed by atoms with Crippen LogP contribution in [0.3, 0.4) is 0 Å². The van der Waals surface area contributed by atoms with Crippen LogP contribution in [0.25, 0.3) is 0 Å². The Morgan fingerprint density at radius 1 is 1.25 bits per heavy atom. The normalized spacial score (nSPS) is 17.6. The van der Waals surface area contributed by atoms with Gasteiger partial charge in [0.05, 0.1) is 17.6 Å². The molecule has 0 aliphatic carbocycles. The lowest BCUT2D eigenvalue weighted by Gasteiger charge is -2.35. The summed E-state index contributed by atoms with van der Waals surface area (Å²) in [6, 6.07) is 0. The zero-order chi connectivity index (χ0) is 14.9. The Bertz CT molecular complexity index is 573. The molecule has 7 nitrogen and oxygen atoms in total. The van der Waals surface area contributed by atoms with Crippen molar-refractivity contribution >= 4 is 21.5 Å². The second kappa shape index (κ2) is 5.61. The summed E-state index contributed by atoms with van der Waals surface area (Å²) < 4.78 is 26.5. The van der Waals surface area contributed by atoms with Gasteiger partial charge in [-0.25, -0.2) is 13.1 Å². The van der Waals surface area contributed by atoms with Crippen LogP contribution in [0.2, 0.25) is 0 Å². The Labute approximate surface area is 120 Å². The van der Waals surface area contributed by atoms with Crippen LogP contribution in [0, 0.1) is 6.92 Å². The van der Waals surface area contributed by atoms with E-state index in [2.05, 4.69) is 16.9 Å². The van der Waals surface area contributed by atoms with Gasteiger partial charge in [-0.05, 0) is 13.3 Å². The molecule has 0 amide bonds. The van der Waals surface area contributed by atoms with E-state index in [1.165, 1.54) is 10.6 Å². The zero-order valence-electron chi connectivity index (χ0n) is 12.3. The molecule has 0 spiro atoms. The number of piperazine rings is 1. The van der Waals surface area contributed by atoms with E-state index in [1.54, 1.807) is 0 Å². The molecule has 0 radical (unpaired) electrons. The molecule has 1 fully saturated rings. The van der Waals surface area contributed by atoms with Crippen LogP contribution in [0.4, 0.5) is 11.5 Å². The molecule has 1 saturated heterocycles. The molecular weight excluding hydrogens is 278 g/mol. The third-order valence-corrected chi connectivity index (χ3v) is 4.89. The Morgan fingerprint density at radius 3 is 2.35 bits per heavy atom. The SMILES string of the molecule is CCCn1nc(C)c(N)c1N1CCN(S(C)(=O)=O)CC1. The number of anilines is 2. The number of nitrogen functional groups attached to an aromatic ring is 1. The van der Waals surface area contributed by atoms with Crippen LogP contribution < -0.4 is 10.6 Å². The molecule has 0 unspecified atom stereocenters. The molecular formula is C12H23N5O2S. The topological polar surface area (TPSA) is 84.5 Å². The first-order valence-corrected chi connectivity index (χ1v) is 8.72. The lowest BCUT2D eigenvalue weighted by Crippen LogP contribution is -2.49. The van der Waals surface area contributed by atoms with E-state index in [0.29, 0.717) is 31.9 Å². The lowest BCUT2D eigenvalue weighted by molar-refractivity contribution is 0.384. The van der Waals surface area contributed by atoms with Gasteiger partial charge < -0.3 is 10.6 Å². The highest BCUT2D eigenvalue weighted by Gasteiger charge is 2.27. The Balaban J connectivity index is 2.18. The van der Waals surface area contributed by atoms with Crippen LogP contribution >= 0.6 is 0 Å². The summed E-state index contributed by atoms with van der Waals surface area (Å²) in [5, 5.41) is 4.46. The number of aryl methyl sites for hydroxylation is 2. The average Bonchev–Trinajstić information content (AvgIpc) is 2.65. The van der Waals surface area contributed by atoms with Crippen molar-refractivity contribution in [2.24, 2.45) is 0 Å². The lowest BCUT2D eigenvalue weighted by atomic mass is 10.3. The molecule has 8 heteroatoms. The molecule has 1 aromatic heterocycles. The molecule has 2 rings (SSSR count). The van der Waals surface area contributed by atoms with Gasteiger partial charge in [0.25, 0.3) is 0 Å². The van der Waals surface area contributed by atoms with Gasteiger partial charge >= 0.3 is 0 Å². The van der Waals surface area contributed by atoms with Gasteiger partial charge in [-0.3, -0.25) is 0 Å². The number of hydrogen-bond donors (Lipinski definition) is 1. The second-order valence-corrected chi connectivity index (χ2v) is 7.18. The molecule has 20 heavy (non-hydrogen) atoms. The predicted molar refractivity (Wildman–Crippen MR) is 80.3 cm³/mol. The predicted octanol–water partition coefficient (Wildman–Crippen LogP) is 0.265. The summed E-state index contributed by atoms with van der Waals surface area (Å²) >= 11 is 0. The van der Waals surface area contributed by atoms with Crippen LogP contribution in [0.1, 0.15) is 19.0 Å². The highest BCUT2D eigenvalue weighted by molar-refractivity contribution is 7.88. The van der Waals surface area contributed by atoms with Crippen molar-refractivity contribution in [2.45, 2.75) is 26.8 Å². The molecule has 0 atom stereocenters. The minimum atomic E-state index is -3.10. The van der Waals surface area contributed by atoms with Crippen molar-refractivity contribution in [3.05, 3.63) is 5.69 Å². The minimum absolute atomic E-state index is 0.495. The molecule has 0 aromatic carbocycles. The van der Waals surface area contributed by atoms with Gasteiger partial charge in [0, 0.05) is 32.7 Å². The largest absolute Gasteiger partial charge is 0.394 e. The molecule has 2 N–H and O–H groups in total. The van der Waals surface area contributed by atoms with E-state index in [4.69, 9.17) is 5.73 Å². The fourth-order valence-corrected chi connectivity index (χ4v) is 3.34. The molecule has 1 aliphatic rings. The Hall–Kier alpha value is -1.28. The number of nitrogens with zero attached hydrogens (tertiary/aromatic N) is 4. The molecule has 1 aromatic rings. The van der Waals surface area contributed by atoms with E-state index < -0.39 is 10.0 Å². The fourth-order valence-electron chi connectivity index (χ4n) is 2.52. The molecule has 0 saturated carbocycles. The van der Waals surface area contributed by atoms with E-state index >= 15 is 0 Å². The van der Waals surface area contributed by atoms with Crippen molar-refractivity contribution in [1.82, 2.24) is 14.1 Å².